The summed E-state index contributed by atoms with van der Waals surface area (Å²) in [5.41, 5.74) is 5.94. The van der Waals surface area contributed by atoms with Gasteiger partial charge in [0.25, 0.3) is 0 Å². The van der Waals surface area contributed by atoms with Gasteiger partial charge in [-0.15, -0.1) is 0 Å². The molecule has 1 aliphatic carbocycles. The van der Waals surface area contributed by atoms with Crippen LogP contribution in [0.5, 0.6) is 0 Å². The van der Waals surface area contributed by atoms with Gasteiger partial charge in [0.05, 0.1) is 12.1 Å². The van der Waals surface area contributed by atoms with E-state index in [1.165, 1.54) is 0 Å². The highest BCUT2D eigenvalue weighted by Gasteiger charge is 2.49. The number of hydrogen-bond donors (Lipinski definition) is 2. The van der Waals surface area contributed by atoms with Crippen molar-refractivity contribution in [1.29, 1.82) is 0 Å². The molecule has 3 unspecified atom stereocenters. The number of rotatable bonds is 6. The largest absolute Gasteiger partial charge is 0.378 e. The molecule has 1 fully saturated rings. The summed E-state index contributed by atoms with van der Waals surface area (Å²) < 4.78 is 5.65. The van der Waals surface area contributed by atoms with Crippen LogP contribution in [-0.4, -0.2) is 30.7 Å². The second-order valence-electron chi connectivity index (χ2n) is 5.97. The normalized spacial score (nSPS) is 29.2. The van der Waals surface area contributed by atoms with Crippen LogP contribution in [-0.2, 0) is 9.53 Å². The van der Waals surface area contributed by atoms with Crippen LogP contribution >= 0.6 is 0 Å². The maximum absolute atomic E-state index is 12.0. The molecule has 0 aromatic heterocycles. The Hall–Kier alpha value is -0.610. The smallest absolute Gasteiger partial charge is 0.237 e. The minimum atomic E-state index is -0.406. The van der Waals surface area contributed by atoms with Gasteiger partial charge in [-0.2, -0.15) is 0 Å². The molecule has 0 heterocycles. The molecule has 0 aromatic carbocycles. The number of hydrogen-bond acceptors (Lipinski definition) is 3. The molecule has 106 valence electrons. The van der Waals surface area contributed by atoms with Crippen LogP contribution in [0.1, 0.15) is 47.5 Å². The Morgan fingerprint density at radius 2 is 2.11 bits per heavy atom. The predicted octanol–water partition coefficient (Wildman–Crippen LogP) is 1.68. The molecular formula is C14H28N2O2. The fourth-order valence-electron chi connectivity index (χ4n) is 2.39. The Morgan fingerprint density at radius 1 is 1.50 bits per heavy atom. The van der Waals surface area contributed by atoms with Gasteiger partial charge >= 0.3 is 0 Å². The number of carbonyl (C=O) groups is 1. The molecule has 1 amide bonds. The van der Waals surface area contributed by atoms with E-state index in [0.717, 1.165) is 19.4 Å². The molecule has 18 heavy (non-hydrogen) atoms. The maximum atomic E-state index is 12.0. The van der Waals surface area contributed by atoms with Gasteiger partial charge in [0.2, 0.25) is 5.91 Å². The average molecular weight is 256 g/mol. The standard InChI is InChI=1S/C14H28N2O2/c1-6-9(3)12(15)13(17)16-10-8-11(18-7-2)14(10,4)5/h9-12H,6-8,15H2,1-5H3,(H,16,17)/t9?,10?,11?,12-/m0/s1. The van der Waals surface area contributed by atoms with Gasteiger partial charge in [0, 0.05) is 18.1 Å². The second kappa shape index (κ2) is 6.02. The second-order valence-corrected chi connectivity index (χ2v) is 5.97. The van der Waals surface area contributed by atoms with Gasteiger partial charge in [-0.25, -0.2) is 0 Å². The molecule has 4 heteroatoms. The lowest BCUT2D eigenvalue weighted by Crippen LogP contribution is -2.64. The summed E-state index contributed by atoms with van der Waals surface area (Å²) in [5, 5.41) is 3.07. The van der Waals surface area contributed by atoms with Crippen molar-refractivity contribution in [3.63, 3.8) is 0 Å². The van der Waals surface area contributed by atoms with Gasteiger partial charge in [0.1, 0.15) is 0 Å². The Balaban J connectivity index is 2.48. The molecule has 0 saturated heterocycles. The molecule has 4 atom stereocenters. The summed E-state index contributed by atoms with van der Waals surface area (Å²) in [6.45, 7) is 11.1. The predicted molar refractivity (Wildman–Crippen MR) is 73.2 cm³/mol. The summed E-state index contributed by atoms with van der Waals surface area (Å²) in [6.07, 6.45) is 2.05. The summed E-state index contributed by atoms with van der Waals surface area (Å²) in [4.78, 5) is 12.0. The zero-order valence-corrected chi connectivity index (χ0v) is 12.3. The van der Waals surface area contributed by atoms with Crippen molar-refractivity contribution in [3.05, 3.63) is 0 Å². The van der Waals surface area contributed by atoms with Gasteiger partial charge in [-0.3, -0.25) is 4.79 Å². The monoisotopic (exact) mass is 256 g/mol. The van der Waals surface area contributed by atoms with Crippen LogP contribution in [0.25, 0.3) is 0 Å². The number of amides is 1. The van der Waals surface area contributed by atoms with Gasteiger partial charge in [-0.05, 0) is 19.3 Å². The zero-order chi connectivity index (χ0) is 13.9. The Labute approximate surface area is 111 Å². The molecule has 0 radical (unpaired) electrons. The van der Waals surface area contributed by atoms with E-state index in [9.17, 15) is 4.79 Å². The lowest BCUT2D eigenvalue weighted by atomic mass is 9.64. The molecule has 0 aromatic rings. The minimum absolute atomic E-state index is 0.000836. The summed E-state index contributed by atoms with van der Waals surface area (Å²) in [5.74, 6) is 0.188. The first-order valence-corrected chi connectivity index (χ1v) is 7.02. The SMILES string of the molecule is CCOC1CC(NC(=O)[C@@H](N)C(C)CC)C1(C)C. The Bertz CT molecular complexity index is 292. The van der Waals surface area contributed by atoms with Crippen LogP contribution in [0.2, 0.25) is 0 Å². The molecule has 3 N–H and O–H groups in total. The first-order valence-electron chi connectivity index (χ1n) is 7.02. The van der Waals surface area contributed by atoms with Crippen LogP contribution in [0.4, 0.5) is 0 Å². The van der Waals surface area contributed by atoms with Crippen LogP contribution < -0.4 is 11.1 Å². The maximum Gasteiger partial charge on any atom is 0.237 e. The molecule has 0 spiro atoms. The van der Waals surface area contributed by atoms with E-state index in [0.29, 0.717) is 0 Å². The minimum Gasteiger partial charge on any atom is -0.378 e. The van der Waals surface area contributed by atoms with E-state index >= 15 is 0 Å². The molecule has 1 saturated carbocycles. The van der Waals surface area contributed by atoms with Crippen LogP contribution in [0.3, 0.4) is 0 Å². The third kappa shape index (κ3) is 3.04. The molecule has 4 nitrogen and oxygen atoms in total. The molecule has 0 aliphatic heterocycles. The fraction of sp³-hybridized carbons (Fsp3) is 0.929. The van der Waals surface area contributed by atoms with Crippen LogP contribution in [0, 0.1) is 11.3 Å². The first-order chi connectivity index (χ1) is 8.34. The highest BCUT2D eigenvalue weighted by Crippen LogP contribution is 2.42. The van der Waals surface area contributed by atoms with E-state index in [1.807, 2.05) is 13.8 Å². The quantitative estimate of drug-likeness (QED) is 0.760. The molecule has 0 bridgehead atoms. The van der Waals surface area contributed by atoms with Crippen molar-refractivity contribution in [3.8, 4) is 0 Å². The van der Waals surface area contributed by atoms with Crippen molar-refractivity contribution in [2.75, 3.05) is 6.61 Å². The first kappa shape index (κ1) is 15.4. The van der Waals surface area contributed by atoms with Crippen molar-refractivity contribution in [2.24, 2.45) is 17.1 Å². The van der Waals surface area contributed by atoms with E-state index in [2.05, 4.69) is 26.1 Å². The summed E-state index contributed by atoms with van der Waals surface area (Å²) in [7, 11) is 0. The van der Waals surface area contributed by atoms with Gasteiger partial charge in [-0.1, -0.05) is 34.1 Å². The molecule has 1 aliphatic rings. The Kier molecular flexibility index (Phi) is 5.17. The van der Waals surface area contributed by atoms with Crippen LogP contribution in [0.15, 0.2) is 0 Å². The molecule has 1 rings (SSSR count). The lowest BCUT2D eigenvalue weighted by Gasteiger charge is -2.51. The van der Waals surface area contributed by atoms with Gasteiger partial charge < -0.3 is 15.8 Å². The summed E-state index contributed by atoms with van der Waals surface area (Å²) in [6, 6.07) is -0.228. The Morgan fingerprint density at radius 3 is 2.56 bits per heavy atom. The molecular weight excluding hydrogens is 228 g/mol. The number of ether oxygens (including phenoxy) is 1. The number of carbonyl (C=O) groups excluding carboxylic acids is 1. The third-order valence-electron chi connectivity index (χ3n) is 4.42. The van der Waals surface area contributed by atoms with E-state index in [-0.39, 0.29) is 29.4 Å². The zero-order valence-electron chi connectivity index (χ0n) is 12.3. The average Bonchev–Trinajstić information content (AvgIpc) is 2.35. The van der Waals surface area contributed by atoms with E-state index in [4.69, 9.17) is 10.5 Å². The van der Waals surface area contributed by atoms with E-state index < -0.39 is 6.04 Å². The highest BCUT2D eigenvalue weighted by molar-refractivity contribution is 5.82. The van der Waals surface area contributed by atoms with Gasteiger partial charge in [0.15, 0.2) is 0 Å². The van der Waals surface area contributed by atoms with Crippen molar-refractivity contribution < 1.29 is 9.53 Å². The van der Waals surface area contributed by atoms with E-state index in [1.54, 1.807) is 0 Å². The fourth-order valence-corrected chi connectivity index (χ4v) is 2.39. The topological polar surface area (TPSA) is 64.3 Å². The van der Waals surface area contributed by atoms with Crippen molar-refractivity contribution in [1.82, 2.24) is 5.32 Å². The van der Waals surface area contributed by atoms with Crippen molar-refractivity contribution >= 4 is 5.91 Å². The number of nitrogens with one attached hydrogen (secondary N) is 1. The summed E-state index contributed by atoms with van der Waals surface area (Å²) >= 11 is 0. The number of nitrogens with two attached hydrogens (primary N) is 1. The highest BCUT2D eigenvalue weighted by atomic mass is 16.5. The van der Waals surface area contributed by atoms with Crippen molar-refractivity contribution in [2.45, 2.75) is 65.6 Å². The third-order valence-corrected chi connectivity index (χ3v) is 4.42. The lowest BCUT2D eigenvalue weighted by molar-refractivity contribution is -0.138.